The van der Waals surface area contributed by atoms with Gasteiger partial charge in [0.25, 0.3) is 11.6 Å². The van der Waals surface area contributed by atoms with Crippen LogP contribution in [-0.2, 0) is 39.4 Å². The molecule has 6 rings (SSSR count). The van der Waals surface area contributed by atoms with Gasteiger partial charge in [-0.3, -0.25) is 24.4 Å². The number of ether oxygens (including phenoxy) is 1. The minimum atomic E-state index is -2.95. The summed E-state index contributed by atoms with van der Waals surface area (Å²) in [5.74, 6) is -0.746. The van der Waals surface area contributed by atoms with Gasteiger partial charge in [-0.1, -0.05) is 24.3 Å². The number of benzene rings is 2. The molecule has 3 aromatic rings. The third-order valence-electron chi connectivity index (χ3n) is 9.41. The van der Waals surface area contributed by atoms with E-state index in [2.05, 4.69) is 10.3 Å². The minimum Gasteiger partial charge on any atom is -0.432 e. The molecule has 14 heteroatoms. The lowest BCUT2D eigenvalue weighted by Crippen LogP contribution is -2.46. The molecule has 2 aromatic carbocycles. The Balaban J connectivity index is 1.36. The number of nitro groups is 1. The second-order valence-electron chi connectivity index (χ2n) is 12.8. The van der Waals surface area contributed by atoms with Crippen molar-refractivity contribution in [3.63, 3.8) is 0 Å². The number of amides is 2. The molecular weight excluding hydrogens is 596 g/mol. The molecule has 0 bridgehead atoms. The number of hydrogen-bond donors (Lipinski definition) is 2. The van der Waals surface area contributed by atoms with Crippen LogP contribution in [0, 0.1) is 16.0 Å². The maximum absolute atomic E-state index is 14.7. The number of carbonyl (C=O) groups excluding carboxylic acids is 2. The van der Waals surface area contributed by atoms with Gasteiger partial charge in [0.2, 0.25) is 5.91 Å². The maximum atomic E-state index is 14.7. The fourth-order valence-electron chi connectivity index (χ4n) is 7.47. The van der Waals surface area contributed by atoms with Crippen LogP contribution in [0.25, 0.3) is 0 Å². The SMILES string of the molecule is C[C@@H]1[C@@H]([Si](C)(C)O)[C@H](CCn2cc(CCO)nn2)O[C@@]12C(=O)N(Cc1cccc(N3CCCC3=O)c1)c1ccc([N+](=O)[O-])cc12. The Morgan fingerprint density at radius 1 is 1.20 bits per heavy atom. The van der Waals surface area contributed by atoms with Gasteiger partial charge in [-0.25, -0.2) is 0 Å². The lowest BCUT2D eigenvalue weighted by molar-refractivity contribution is -0.385. The van der Waals surface area contributed by atoms with Crippen molar-refractivity contribution < 1.29 is 29.2 Å². The molecule has 4 atom stereocenters. The van der Waals surface area contributed by atoms with Crippen LogP contribution in [-0.4, -0.2) is 69.2 Å². The fraction of sp³-hybridized carbons (Fsp3) is 0.484. The summed E-state index contributed by atoms with van der Waals surface area (Å²) < 4.78 is 8.46. The predicted octanol–water partition coefficient (Wildman–Crippen LogP) is 3.28. The molecule has 2 fully saturated rings. The Kier molecular flexibility index (Phi) is 8.10. The zero-order valence-corrected chi connectivity index (χ0v) is 26.6. The van der Waals surface area contributed by atoms with Crippen LogP contribution < -0.4 is 9.80 Å². The number of fused-ring (bicyclic) bond motifs is 2. The van der Waals surface area contributed by atoms with Crippen molar-refractivity contribution in [2.75, 3.05) is 23.0 Å². The number of rotatable bonds is 10. The molecule has 238 valence electrons. The second-order valence-corrected chi connectivity index (χ2v) is 16.7. The third-order valence-corrected chi connectivity index (χ3v) is 11.9. The van der Waals surface area contributed by atoms with Gasteiger partial charge in [-0.2, -0.15) is 0 Å². The summed E-state index contributed by atoms with van der Waals surface area (Å²) in [4.78, 5) is 53.4. The zero-order chi connectivity index (χ0) is 32.1. The van der Waals surface area contributed by atoms with Crippen molar-refractivity contribution in [2.45, 2.75) is 76.0 Å². The van der Waals surface area contributed by atoms with Gasteiger partial charge in [-0.15, -0.1) is 5.10 Å². The van der Waals surface area contributed by atoms with Crippen LogP contribution in [0.2, 0.25) is 18.6 Å². The average Bonchev–Trinajstić information content (AvgIpc) is 3.75. The zero-order valence-electron chi connectivity index (χ0n) is 25.6. The summed E-state index contributed by atoms with van der Waals surface area (Å²) in [5, 5.41) is 29.4. The molecule has 0 radical (unpaired) electrons. The van der Waals surface area contributed by atoms with Gasteiger partial charge < -0.3 is 24.4 Å². The van der Waals surface area contributed by atoms with Crippen LogP contribution in [0.4, 0.5) is 17.1 Å². The Morgan fingerprint density at radius 2 is 2.00 bits per heavy atom. The summed E-state index contributed by atoms with van der Waals surface area (Å²) in [5.41, 5.74) is 1.15. The number of aryl methyl sites for hydroxylation is 1. The number of aromatic nitrogens is 3. The summed E-state index contributed by atoms with van der Waals surface area (Å²) in [6, 6.07) is 12.0. The highest BCUT2D eigenvalue weighted by atomic mass is 28.4. The van der Waals surface area contributed by atoms with Gasteiger partial charge in [0.15, 0.2) is 13.9 Å². The van der Waals surface area contributed by atoms with E-state index >= 15 is 0 Å². The normalized spacial score (nSPS) is 24.7. The van der Waals surface area contributed by atoms with Crippen LogP contribution in [0.1, 0.15) is 43.0 Å². The number of aliphatic hydroxyl groups is 1. The van der Waals surface area contributed by atoms with Gasteiger partial charge >= 0.3 is 0 Å². The highest BCUT2D eigenvalue weighted by Crippen LogP contribution is 2.60. The van der Waals surface area contributed by atoms with Crippen molar-refractivity contribution in [3.8, 4) is 0 Å². The van der Waals surface area contributed by atoms with Crippen molar-refractivity contribution in [3.05, 3.63) is 75.6 Å². The first-order valence-corrected chi connectivity index (χ1v) is 18.4. The van der Waals surface area contributed by atoms with Gasteiger partial charge in [0, 0.05) is 73.6 Å². The number of nitro benzene ring substituents is 1. The molecule has 0 unspecified atom stereocenters. The van der Waals surface area contributed by atoms with E-state index in [4.69, 9.17) is 4.74 Å². The second kappa shape index (κ2) is 11.7. The van der Waals surface area contributed by atoms with E-state index in [0.717, 1.165) is 17.7 Å². The Morgan fingerprint density at radius 3 is 2.69 bits per heavy atom. The van der Waals surface area contributed by atoms with Gasteiger partial charge in [0.1, 0.15) is 0 Å². The highest BCUT2D eigenvalue weighted by molar-refractivity contribution is 6.71. The summed E-state index contributed by atoms with van der Waals surface area (Å²) >= 11 is 0. The molecule has 45 heavy (non-hydrogen) atoms. The Bertz CT molecular complexity index is 1640. The predicted molar refractivity (Wildman–Crippen MR) is 167 cm³/mol. The molecule has 3 aliphatic rings. The van der Waals surface area contributed by atoms with Crippen molar-refractivity contribution in [1.29, 1.82) is 0 Å². The molecule has 4 heterocycles. The first-order valence-electron chi connectivity index (χ1n) is 15.3. The van der Waals surface area contributed by atoms with Gasteiger partial charge in [-0.05, 0) is 49.7 Å². The standard InChI is InChI=1S/C31H38N6O7Si/c1-20-29(45(2,3)43)27(11-14-34-19-22(12-15-38)32-33-34)44-31(20)25-17-24(37(41)42)9-10-26(25)36(30(31)40)18-21-6-4-7-23(16-21)35-13-5-8-28(35)39/h4,6-7,9-10,16-17,19-20,27,29,38,43H,5,8,11-15,18H2,1-3H3/t20-,27+,29-,31+/m1/s1. The summed E-state index contributed by atoms with van der Waals surface area (Å²) in [7, 11) is -2.95. The number of hydrogen-bond acceptors (Lipinski definition) is 9. The topological polar surface area (TPSA) is 164 Å². The third kappa shape index (κ3) is 5.45. The molecule has 2 saturated heterocycles. The first-order chi connectivity index (χ1) is 21.4. The smallest absolute Gasteiger partial charge is 0.269 e. The van der Waals surface area contributed by atoms with Crippen molar-refractivity contribution in [2.24, 2.45) is 5.92 Å². The number of nitrogens with zero attached hydrogens (tertiary/aromatic N) is 6. The molecule has 1 aromatic heterocycles. The van der Waals surface area contributed by atoms with E-state index in [1.165, 1.54) is 12.1 Å². The number of aliphatic hydroxyl groups excluding tert-OH is 1. The number of non-ortho nitro benzene ring substituents is 1. The number of anilines is 2. The maximum Gasteiger partial charge on any atom is 0.269 e. The average molecular weight is 635 g/mol. The molecule has 0 saturated carbocycles. The molecule has 2 amide bonds. The van der Waals surface area contributed by atoms with Gasteiger partial charge in [0.05, 0.1) is 29.0 Å². The van der Waals surface area contributed by atoms with E-state index < -0.39 is 30.9 Å². The van der Waals surface area contributed by atoms with Crippen molar-refractivity contribution in [1.82, 2.24) is 15.0 Å². The van der Waals surface area contributed by atoms with Crippen LogP contribution in [0.15, 0.2) is 48.7 Å². The fourth-order valence-corrected chi connectivity index (χ4v) is 10.1. The van der Waals surface area contributed by atoms with Crippen molar-refractivity contribution >= 4 is 37.2 Å². The highest BCUT2D eigenvalue weighted by Gasteiger charge is 2.66. The first kappa shape index (κ1) is 31.0. The Labute approximate surface area is 261 Å². The molecular formula is C31H38N6O7Si. The molecule has 2 N–H and O–H groups in total. The summed E-state index contributed by atoms with van der Waals surface area (Å²) in [6.07, 6.45) is 3.34. The monoisotopic (exact) mass is 634 g/mol. The minimum absolute atomic E-state index is 0.0400. The molecule has 1 spiro atoms. The van der Waals surface area contributed by atoms with E-state index in [0.29, 0.717) is 49.3 Å². The van der Waals surface area contributed by atoms with E-state index in [1.807, 2.05) is 44.3 Å². The largest absolute Gasteiger partial charge is 0.432 e. The summed E-state index contributed by atoms with van der Waals surface area (Å²) in [6.45, 7) is 6.75. The lowest BCUT2D eigenvalue weighted by atomic mass is 9.82. The molecule has 0 aliphatic carbocycles. The quantitative estimate of drug-likeness (QED) is 0.193. The van der Waals surface area contributed by atoms with E-state index in [1.54, 1.807) is 26.7 Å². The van der Waals surface area contributed by atoms with Crippen LogP contribution in [0.3, 0.4) is 0 Å². The van der Waals surface area contributed by atoms with Crippen LogP contribution >= 0.6 is 0 Å². The lowest BCUT2D eigenvalue weighted by Gasteiger charge is -2.32. The van der Waals surface area contributed by atoms with E-state index in [-0.39, 0.29) is 36.2 Å². The molecule has 13 nitrogen and oxygen atoms in total. The van der Waals surface area contributed by atoms with Crippen LogP contribution in [0.5, 0.6) is 0 Å². The number of carbonyl (C=O) groups is 2. The molecule has 3 aliphatic heterocycles. The van der Waals surface area contributed by atoms with E-state index in [9.17, 15) is 29.6 Å². The Hall–Kier alpha value is -3.98.